The van der Waals surface area contributed by atoms with Crippen molar-refractivity contribution in [1.82, 2.24) is 19.8 Å². The lowest BCUT2D eigenvalue weighted by Gasteiger charge is -2.36. The summed E-state index contributed by atoms with van der Waals surface area (Å²) in [5, 5.41) is 6.04. The van der Waals surface area contributed by atoms with E-state index in [1.165, 1.54) is 6.07 Å². The van der Waals surface area contributed by atoms with Crippen molar-refractivity contribution in [2.75, 3.05) is 50.0 Å². The summed E-state index contributed by atoms with van der Waals surface area (Å²) in [5.41, 5.74) is 4.28. The lowest BCUT2D eigenvalue weighted by atomic mass is 10.0. The number of para-hydroxylation sites is 1. The largest absolute Gasteiger partial charge is 0.489 e. The van der Waals surface area contributed by atoms with Crippen molar-refractivity contribution >= 4 is 35.0 Å². The highest BCUT2D eigenvalue weighted by atomic mass is 35.5. The highest BCUT2D eigenvalue weighted by Gasteiger charge is 2.19. The Kier molecular flexibility index (Phi) is 10.5. The number of aryl methyl sites for hydroxylation is 1. The van der Waals surface area contributed by atoms with Gasteiger partial charge >= 0.3 is 6.09 Å². The predicted octanol–water partition coefficient (Wildman–Crippen LogP) is 7.31. The summed E-state index contributed by atoms with van der Waals surface area (Å²) >= 11 is 6.18. The Bertz CT molecular complexity index is 1640. The Morgan fingerprint density at radius 2 is 1.78 bits per heavy atom. The maximum Gasteiger partial charge on any atom is 0.418 e. The smallest absolute Gasteiger partial charge is 0.418 e. The second kappa shape index (κ2) is 14.7. The second-order valence-corrected chi connectivity index (χ2v) is 11.7. The summed E-state index contributed by atoms with van der Waals surface area (Å²) in [6, 6.07) is 19.4. The minimum atomic E-state index is -0.769. The van der Waals surface area contributed by atoms with Crippen LogP contribution in [0.1, 0.15) is 25.0 Å². The molecule has 0 bridgehead atoms. The molecular weight excluding hydrogens is 595 g/mol. The summed E-state index contributed by atoms with van der Waals surface area (Å²) in [5.74, 6) is -0.206. The first-order valence-corrected chi connectivity index (χ1v) is 15.4. The predicted molar refractivity (Wildman–Crippen MR) is 176 cm³/mol. The summed E-state index contributed by atoms with van der Waals surface area (Å²) < 4.78 is 26.4. The number of amides is 1. The zero-order chi connectivity index (χ0) is 31.9. The minimum Gasteiger partial charge on any atom is -0.489 e. The lowest BCUT2D eigenvalue weighted by molar-refractivity contribution is 0.0965. The molecule has 0 saturated carbocycles. The first-order valence-electron chi connectivity index (χ1n) is 15.0. The van der Waals surface area contributed by atoms with Crippen molar-refractivity contribution in [3.63, 3.8) is 0 Å². The number of halogens is 2. The normalized spacial score (nSPS) is 13.9. The Morgan fingerprint density at radius 3 is 2.51 bits per heavy atom. The van der Waals surface area contributed by atoms with Crippen LogP contribution in [0.3, 0.4) is 0 Å². The van der Waals surface area contributed by atoms with Crippen LogP contribution in [-0.2, 0) is 0 Å². The lowest BCUT2D eigenvalue weighted by Crippen LogP contribution is -2.49. The van der Waals surface area contributed by atoms with Crippen LogP contribution in [0.2, 0.25) is 5.02 Å². The molecule has 1 aliphatic heterocycles. The number of anilines is 3. The van der Waals surface area contributed by atoms with E-state index in [4.69, 9.17) is 21.1 Å². The molecule has 0 radical (unpaired) electrons. The van der Waals surface area contributed by atoms with Gasteiger partial charge < -0.3 is 14.8 Å². The number of rotatable bonds is 10. The van der Waals surface area contributed by atoms with E-state index in [0.29, 0.717) is 34.7 Å². The summed E-state index contributed by atoms with van der Waals surface area (Å²) in [6.45, 7) is 13.5. The number of hydrogen-bond acceptors (Lipinski definition) is 8. The highest BCUT2D eigenvalue weighted by molar-refractivity contribution is 6.33. The van der Waals surface area contributed by atoms with Crippen molar-refractivity contribution in [3.05, 3.63) is 88.7 Å². The topological polar surface area (TPSA) is 91.8 Å². The molecule has 9 nitrogen and oxygen atoms in total. The fraction of sp³-hybridized carbons (Fsp3) is 0.324. The molecular formula is C34H38ClFN6O3. The SMILES string of the molecule is Cc1cccc(-c2cc(OC(=O)Nc3ccccc3Cl)nc(Nc3ccc(OCCN4CCN(C(C)C)CC4)c(F)c3)n2)c1C. The van der Waals surface area contributed by atoms with Gasteiger partial charge in [0.15, 0.2) is 11.6 Å². The number of hydrogen-bond donors (Lipinski definition) is 2. The van der Waals surface area contributed by atoms with E-state index >= 15 is 4.39 Å². The quantitative estimate of drug-likeness (QED) is 0.188. The molecule has 3 aromatic carbocycles. The Hall–Kier alpha value is -4.25. The molecule has 4 aromatic rings. The second-order valence-electron chi connectivity index (χ2n) is 11.2. The molecule has 1 aliphatic rings. The van der Waals surface area contributed by atoms with Gasteiger partial charge in [-0.2, -0.15) is 4.98 Å². The molecule has 11 heteroatoms. The Morgan fingerprint density at radius 1 is 1.00 bits per heavy atom. The van der Waals surface area contributed by atoms with E-state index in [9.17, 15) is 4.79 Å². The van der Waals surface area contributed by atoms with Crippen LogP contribution >= 0.6 is 11.6 Å². The summed E-state index contributed by atoms with van der Waals surface area (Å²) in [7, 11) is 0. The fourth-order valence-corrected chi connectivity index (χ4v) is 5.29. The average molecular weight is 633 g/mol. The molecule has 0 aliphatic carbocycles. The van der Waals surface area contributed by atoms with Crippen LogP contribution in [0.5, 0.6) is 11.6 Å². The van der Waals surface area contributed by atoms with Crippen molar-refractivity contribution in [2.45, 2.75) is 33.7 Å². The van der Waals surface area contributed by atoms with Gasteiger partial charge in [-0.05, 0) is 63.1 Å². The number of carbonyl (C=O) groups excluding carboxylic acids is 1. The molecule has 236 valence electrons. The molecule has 0 spiro atoms. The monoisotopic (exact) mass is 632 g/mol. The van der Waals surface area contributed by atoms with Crippen molar-refractivity contribution < 1.29 is 18.7 Å². The van der Waals surface area contributed by atoms with E-state index in [1.807, 2.05) is 32.0 Å². The molecule has 1 amide bonds. The molecule has 2 N–H and O–H groups in total. The van der Waals surface area contributed by atoms with Crippen LogP contribution in [0.15, 0.2) is 66.7 Å². The summed E-state index contributed by atoms with van der Waals surface area (Å²) in [4.78, 5) is 26.6. The first kappa shape index (κ1) is 32.2. The van der Waals surface area contributed by atoms with Crippen LogP contribution in [-0.4, -0.2) is 71.2 Å². The molecule has 1 aromatic heterocycles. The molecule has 1 saturated heterocycles. The molecule has 2 heterocycles. The average Bonchev–Trinajstić information content (AvgIpc) is 3.01. The van der Waals surface area contributed by atoms with Gasteiger partial charge in [0.1, 0.15) is 6.61 Å². The fourth-order valence-electron chi connectivity index (χ4n) is 5.11. The standard InChI is InChI=1S/C34H38ClFN6O3/c1-22(2)42-16-14-41(15-17-42)18-19-44-31-13-12-25(20-28(31)36)37-33-38-30(26-9-7-8-23(3)24(26)4)21-32(40-33)45-34(43)39-29-11-6-5-10-27(29)35/h5-13,20-22H,14-19H2,1-4H3,(H,39,43)(H,37,38,40). The number of piperazine rings is 1. The van der Waals surface area contributed by atoms with E-state index in [0.717, 1.165) is 49.4 Å². The van der Waals surface area contributed by atoms with Gasteiger partial charge in [0.05, 0.1) is 16.4 Å². The number of nitrogens with zero attached hydrogens (tertiary/aromatic N) is 4. The third-order valence-corrected chi connectivity index (χ3v) is 8.21. The van der Waals surface area contributed by atoms with Gasteiger partial charge in [-0.3, -0.25) is 15.1 Å². The van der Waals surface area contributed by atoms with E-state index in [1.54, 1.807) is 42.5 Å². The first-order chi connectivity index (χ1) is 21.7. The third kappa shape index (κ3) is 8.48. The zero-order valence-corrected chi connectivity index (χ0v) is 26.7. The highest BCUT2D eigenvalue weighted by Crippen LogP contribution is 2.30. The van der Waals surface area contributed by atoms with Gasteiger partial charge in [0.25, 0.3) is 0 Å². The van der Waals surface area contributed by atoms with Gasteiger partial charge in [-0.15, -0.1) is 0 Å². The van der Waals surface area contributed by atoms with Crippen molar-refractivity contribution in [3.8, 4) is 22.9 Å². The van der Waals surface area contributed by atoms with Crippen LogP contribution < -0.4 is 20.1 Å². The Balaban J connectivity index is 1.29. The molecule has 45 heavy (non-hydrogen) atoms. The number of benzene rings is 3. The van der Waals surface area contributed by atoms with Crippen LogP contribution in [0.4, 0.5) is 26.5 Å². The minimum absolute atomic E-state index is 0.00242. The Labute approximate surface area is 268 Å². The van der Waals surface area contributed by atoms with E-state index in [2.05, 4.69) is 44.2 Å². The molecule has 1 fully saturated rings. The molecule has 5 rings (SSSR count). The summed E-state index contributed by atoms with van der Waals surface area (Å²) in [6.07, 6.45) is -0.769. The number of ether oxygens (including phenoxy) is 2. The molecule has 0 unspecified atom stereocenters. The van der Waals surface area contributed by atoms with Crippen LogP contribution in [0, 0.1) is 19.7 Å². The van der Waals surface area contributed by atoms with Gasteiger partial charge in [0.2, 0.25) is 11.8 Å². The van der Waals surface area contributed by atoms with Gasteiger partial charge in [-0.1, -0.05) is 41.9 Å². The van der Waals surface area contributed by atoms with Gasteiger partial charge in [0, 0.05) is 62.1 Å². The van der Waals surface area contributed by atoms with E-state index in [-0.39, 0.29) is 17.6 Å². The van der Waals surface area contributed by atoms with Crippen molar-refractivity contribution in [2.24, 2.45) is 0 Å². The number of nitrogens with one attached hydrogen (secondary N) is 2. The number of aromatic nitrogens is 2. The van der Waals surface area contributed by atoms with Crippen LogP contribution in [0.25, 0.3) is 11.3 Å². The molecule has 0 atom stereocenters. The maximum atomic E-state index is 15.1. The number of carbonyl (C=O) groups is 1. The van der Waals surface area contributed by atoms with E-state index < -0.39 is 11.9 Å². The van der Waals surface area contributed by atoms with Crippen molar-refractivity contribution in [1.29, 1.82) is 0 Å². The third-order valence-electron chi connectivity index (χ3n) is 7.88. The zero-order valence-electron chi connectivity index (χ0n) is 25.9. The van der Waals surface area contributed by atoms with Gasteiger partial charge in [-0.25, -0.2) is 14.2 Å². The maximum absolute atomic E-state index is 15.1.